The summed E-state index contributed by atoms with van der Waals surface area (Å²) in [6, 6.07) is 3.61. The fraction of sp³-hybridized carbons (Fsp3) is 0.706. The number of nitrogens with zero attached hydrogens (tertiary/aromatic N) is 1. The number of hydrogen-bond acceptors (Lipinski definition) is 5. The fourth-order valence-corrected chi connectivity index (χ4v) is 6.49. The van der Waals surface area contributed by atoms with Crippen LogP contribution in [-0.4, -0.2) is 50.9 Å². The van der Waals surface area contributed by atoms with Crippen molar-refractivity contribution in [3.05, 3.63) is 17.0 Å². The molecule has 9 heteroatoms. The van der Waals surface area contributed by atoms with Gasteiger partial charge < -0.3 is 10.6 Å². The molecular weight excluding hydrogens is 394 g/mol. The van der Waals surface area contributed by atoms with E-state index in [9.17, 15) is 13.2 Å². The first-order valence-electron chi connectivity index (χ1n) is 9.06. The topological polar surface area (TPSA) is 78.5 Å². The Kier molecular flexibility index (Phi) is 7.90. The van der Waals surface area contributed by atoms with Crippen molar-refractivity contribution in [3.63, 3.8) is 0 Å². The second kappa shape index (κ2) is 9.50. The first-order chi connectivity index (χ1) is 12.0. The summed E-state index contributed by atoms with van der Waals surface area (Å²) in [6.07, 6.45) is 4.13. The highest BCUT2D eigenvalue weighted by Gasteiger charge is 2.28. The fourth-order valence-electron chi connectivity index (χ4n) is 3.47. The number of halogens is 1. The van der Waals surface area contributed by atoms with Crippen molar-refractivity contribution in [1.82, 2.24) is 14.9 Å². The Morgan fingerprint density at radius 1 is 1.31 bits per heavy atom. The Labute approximate surface area is 166 Å². The summed E-state index contributed by atoms with van der Waals surface area (Å²) in [7, 11) is -3.40. The second-order valence-corrected chi connectivity index (χ2v) is 10.3. The molecule has 1 aromatic heterocycles. The largest absolute Gasteiger partial charge is 0.353 e. The quantitative estimate of drug-likeness (QED) is 0.762. The molecule has 0 aromatic carbocycles. The second-order valence-electron chi connectivity index (χ2n) is 7.01. The van der Waals surface area contributed by atoms with Gasteiger partial charge in [-0.05, 0) is 50.4 Å². The average Bonchev–Trinajstić information content (AvgIpc) is 3.07. The van der Waals surface area contributed by atoms with Crippen LogP contribution in [0.2, 0.25) is 0 Å². The normalized spacial score (nSPS) is 24.7. The Balaban J connectivity index is 0.00000243. The van der Waals surface area contributed by atoms with Crippen LogP contribution in [0.5, 0.6) is 0 Å². The molecule has 0 bridgehead atoms. The lowest BCUT2D eigenvalue weighted by atomic mass is 9.95. The zero-order valence-corrected chi connectivity index (χ0v) is 17.5. The highest BCUT2D eigenvalue weighted by Crippen LogP contribution is 2.27. The highest BCUT2D eigenvalue weighted by atomic mass is 35.5. The number of carbonyl (C=O) groups excluding carboxylic acids is 1. The number of rotatable bonds is 5. The molecule has 3 heterocycles. The molecule has 2 fully saturated rings. The molecule has 2 saturated heterocycles. The molecule has 0 saturated carbocycles. The summed E-state index contributed by atoms with van der Waals surface area (Å²) >= 11 is 1.22. The molecule has 1 aromatic rings. The van der Waals surface area contributed by atoms with Crippen molar-refractivity contribution >= 4 is 39.7 Å². The Morgan fingerprint density at radius 2 is 2.04 bits per heavy atom. The van der Waals surface area contributed by atoms with Crippen LogP contribution in [0.25, 0.3) is 0 Å². The molecule has 3 rings (SSSR count). The molecule has 2 aliphatic heterocycles. The third-order valence-corrected chi connectivity index (χ3v) is 8.46. The van der Waals surface area contributed by atoms with E-state index in [1.807, 2.05) is 0 Å². The molecule has 2 N–H and O–H groups in total. The van der Waals surface area contributed by atoms with Crippen molar-refractivity contribution in [2.75, 3.05) is 26.2 Å². The Hall–Kier alpha value is -0.670. The molecule has 0 spiro atoms. The standard InChI is InChI=1S/C17H27N3O3S2.ClH/c1-13-12-18-8-7-15(13)19-16(21)11-14-5-6-17(24-14)25(22,23)20-9-3-2-4-10-20;/h5-6,13,15,18H,2-4,7-12H2,1H3,(H,19,21);1H. The van der Waals surface area contributed by atoms with Gasteiger partial charge >= 0.3 is 0 Å². The van der Waals surface area contributed by atoms with Crippen LogP contribution in [0.4, 0.5) is 0 Å². The Bertz CT molecular complexity index is 702. The molecule has 148 valence electrons. The number of amides is 1. The number of nitrogens with one attached hydrogen (secondary N) is 2. The first-order valence-corrected chi connectivity index (χ1v) is 11.3. The van der Waals surface area contributed by atoms with E-state index in [0.717, 1.165) is 43.6 Å². The summed E-state index contributed by atoms with van der Waals surface area (Å²) in [5.41, 5.74) is 0. The molecule has 0 aliphatic carbocycles. The molecule has 2 unspecified atom stereocenters. The van der Waals surface area contributed by atoms with Gasteiger partial charge in [0.05, 0.1) is 6.42 Å². The van der Waals surface area contributed by atoms with E-state index in [0.29, 0.717) is 23.2 Å². The zero-order chi connectivity index (χ0) is 17.9. The van der Waals surface area contributed by atoms with E-state index < -0.39 is 10.0 Å². The van der Waals surface area contributed by atoms with Crippen molar-refractivity contribution in [2.45, 2.75) is 49.3 Å². The minimum Gasteiger partial charge on any atom is -0.353 e. The SMILES string of the molecule is CC1CNCCC1NC(=O)Cc1ccc(S(=O)(=O)N2CCCCC2)s1.Cl. The van der Waals surface area contributed by atoms with Gasteiger partial charge in [0, 0.05) is 24.0 Å². The van der Waals surface area contributed by atoms with Crippen molar-refractivity contribution in [2.24, 2.45) is 5.92 Å². The van der Waals surface area contributed by atoms with E-state index in [4.69, 9.17) is 0 Å². The minimum absolute atomic E-state index is 0. The van der Waals surface area contributed by atoms with E-state index >= 15 is 0 Å². The Morgan fingerprint density at radius 3 is 2.73 bits per heavy atom. The van der Waals surface area contributed by atoms with E-state index in [1.165, 1.54) is 11.3 Å². The summed E-state index contributed by atoms with van der Waals surface area (Å²) in [4.78, 5) is 13.1. The predicted octanol–water partition coefficient (Wildman–Crippen LogP) is 2.00. The molecule has 6 nitrogen and oxygen atoms in total. The van der Waals surface area contributed by atoms with Crippen molar-refractivity contribution in [1.29, 1.82) is 0 Å². The molecular formula is C17H28ClN3O3S2. The maximum absolute atomic E-state index is 12.7. The molecule has 2 atom stereocenters. The van der Waals surface area contributed by atoms with Gasteiger partial charge in [-0.3, -0.25) is 4.79 Å². The van der Waals surface area contributed by atoms with Gasteiger partial charge in [0.25, 0.3) is 10.0 Å². The van der Waals surface area contributed by atoms with Gasteiger partial charge in [-0.25, -0.2) is 8.42 Å². The van der Waals surface area contributed by atoms with Crippen LogP contribution in [0.15, 0.2) is 16.3 Å². The molecule has 26 heavy (non-hydrogen) atoms. The highest BCUT2D eigenvalue weighted by molar-refractivity contribution is 7.91. The van der Waals surface area contributed by atoms with Crippen molar-refractivity contribution < 1.29 is 13.2 Å². The maximum atomic E-state index is 12.7. The van der Waals surface area contributed by atoms with Crippen LogP contribution in [0, 0.1) is 5.92 Å². The van der Waals surface area contributed by atoms with Crippen LogP contribution in [0.1, 0.15) is 37.5 Å². The minimum atomic E-state index is -3.40. The summed E-state index contributed by atoms with van der Waals surface area (Å²) < 4.78 is 27.3. The predicted molar refractivity (Wildman–Crippen MR) is 106 cm³/mol. The third-order valence-electron chi connectivity index (χ3n) is 5.01. The van der Waals surface area contributed by atoms with Gasteiger partial charge in [0.1, 0.15) is 4.21 Å². The lowest BCUT2D eigenvalue weighted by Gasteiger charge is -2.30. The van der Waals surface area contributed by atoms with Gasteiger partial charge in [-0.2, -0.15) is 4.31 Å². The summed E-state index contributed by atoms with van der Waals surface area (Å²) in [5, 5.41) is 6.41. The maximum Gasteiger partial charge on any atom is 0.252 e. The van der Waals surface area contributed by atoms with Crippen LogP contribution in [0.3, 0.4) is 0 Å². The lowest BCUT2D eigenvalue weighted by molar-refractivity contribution is -0.121. The van der Waals surface area contributed by atoms with Gasteiger partial charge in [-0.15, -0.1) is 23.7 Å². The number of carbonyl (C=O) groups is 1. The summed E-state index contributed by atoms with van der Waals surface area (Å²) in [6.45, 7) is 5.17. The van der Waals surface area contributed by atoms with E-state index in [-0.39, 0.29) is 30.8 Å². The smallest absolute Gasteiger partial charge is 0.252 e. The third kappa shape index (κ3) is 5.19. The molecule has 1 amide bonds. The van der Waals surface area contributed by atoms with Gasteiger partial charge in [0.15, 0.2) is 0 Å². The zero-order valence-electron chi connectivity index (χ0n) is 15.1. The van der Waals surface area contributed by atoms with Gasteiger partial charge in [0.2, 0.25) is 5.91 Å². The van der Waals surface area contributed by atoms with Crippen molar-refractivity contribution in [3.8, 4) is 0 Å². The number of sulfonamides is 1. The monoisotopic (exact) mass is 421 g/mol. The van der Waals surface area contributed by atoms with E-state index in [2.05, 4.69) is 17.6 Å². The summed E-state index contributed by atoms with van der Waals surface area (Å²) in [5.74, 6) is 0.388. The van der Waals surface area contributed by atoms with Gasteiger partial charge in [-0.1, -0.05) is 13.3 Å². The number of piperidine rings is 2. The first kappa shape index (κ1) is 21.6. The number of thiophene rings is 1. The average molecular weight is 422 g/mol. The number of hydrogen-bond donors (Lipinski definition) is 2. The van der Waals surface area contributed by atoms with E-state index in [1.54, 1.807) is 16.4 Å². The van der Waals surface area contributed by atoms with Crippen LogP contribution >= 0.6 is 23.7 Å². The van der Waals surface area contributed by atoms with Crippen LogP contribution < -0.4 is 10.6 Å². The lowest BCUT2D eigenvalue weighted by Crippen LogP contribution is -2.48. The molecule has 2 aliphatic rings. The van der Waals surface area contributed by atoms with Crippen LogP contribution in [-0.2, 0) is 21.2 Å². The molecule has 0 radical (unpaired) electrons.